The van der Waals surface area contributed by atoms with Gasteiger partial charge in [0, 0.05) is 0 Å². The fraction of sp³-hybridized carbons (Fsp3) is 0.435. The molecule has 0 fully saturated rings. The van der Waals surface area contributed by atoms with E-state index in [0.29, 0.717) is 11.3 Å². The van der Waals surface area contributed by atoms with Crippen LogP contribution in [0.3, 0.4) is 0 Å². The van der Waals surface area contributed by atoms with Crippen LogP contribution in [0.4, 0.5) is 0 Å². The van der Waals surface area contributed by atoms with Gasteiger partial charge in [-0.25, -0.2) is 4.79 Å². The molecule has 0 aliphatic carbocycles. The molecule has 2 aromatic rings. The highest BCUT2D eigenvalue weighted by Crippen LogP contribution is 2.18. The largest absolute Gasteiger partial charge is 0.508 e. The summed E-state index contributed by atoms with van der Waals surface area (Å²) in [5.74, 6) is 0.191. The van der Waals surface area contributed by atoms with E-state index in [1.165, 1.54) is 76.3 Å². The van der Waals surface area contributed by atoms with Crippen LogP contribution in [0.2, 0.25) is 0 Å². The zero-order valence-corrected chi connectivity index (χ0v) is 16.5. The number of esters is 1. The predicted molar refractivity (Wildman–Crippen MR) is 109 cm³/mol. The molecule has 0 aliphatic heterocycles. The van der Waals surface area contributed by atoms with Gasteiger partial charge in [0.25, 0.3) is 0 Å². The van der Waals surface area contributed by atoms with Crippen LogP contribution < -0.4 is 0 Å². The normalized spacial score (nSPS) is 10.0. The summed E-state index contributed by atoms with van der Waals surface area (Å²) in [6.07, 6.45) is 10.3. The lowest BCUT2D eigenvalue weighted by atomic mass is 10.0. The molecule has 27 heavy (non-hydrogen) atoms. The molecule has 0 aliphatic rings. The number of ether oxygens (including phenoxy) is 1. The molecule has 0 amide bonds. The van der Waals surface area contributed by atoms with E-state index >= 15 is 0 Å². The fourth-order valence-corrected chi connectivity index (χ4v) is 2.71. The second kappa shape index (κ2) is 13.7. The quantitative estimate of drug-likeness (QED) is 0.427. The van der Waals surface area contributed by atoms with Crippen LogP contribution in [0.25, 0.3) is 0 Å². The van der Waals surface area contributed by atoms with E-state index in [4.69, 9.17) is 5.11 Å². The average Bonchev–Trinajstić information content (AvgIpc) is 2.69. The van der Waals surface area contributed by atoms with Crippen molar-refractivity contribution in [1.82, 2.24) is 0 Å². The minimum Gasteiger partial charge on any atom is -0.508 e. The average molecular weight is 373 g/mol. The van der Waals surface area contributed by atoms with E-state index < -0.39 is 5.97 Å². The van der Waals surface area contributed by atoms with Crippen molar-refractivity contribution in [2.45, 2.75) is 58.3 Å². The van der Waals surface area contributed by atoms with E-state index in [1.54, 1.807) is 6.07 Å². The summed E-state index contributed by atoms with van der Waals surface area (Å²) in [5, 5.41) is 18.4. The van der Waals surface area contributed by atoms with Crippen molar-refractivity contribution >= 4 is 5.97 Å². The van der Waals surface area contributed by atoms with E-state index in [0.717, 1.165) is 12.0 Å². The van der Waals surface area contributed by atoms with Crippen LogP contribution in [-0.4, -0.2) is 23.3 Å². The van der Waals surface area contributed by atoms with Crippen LogP contribution >= 0.6 is 0 Å². The fourth-order valence-electron chi connectivity index (χ4n) is 2.71. The summed E-state index contributed by atoms with van der Waals surface area (Å²) in [5.41, 5.74) is 1.53. The maximum atomic E-state index is 10.8. The molecule has 2 aromatic carbocycles. The van der Waals surface area contributed by atoms with Crippen molar-refractivity contribution in [2.24, 2.45) is 0 Å². The molecule has 0 unspecified atom stereocenters. The monoisotopic (exact) mass is 372 g/mol. The number of rotatable bonds is 9. The molecule has 0 saturated heterocycles. The molecule has 148 valence electrons. The van der Waals surface area contributed by atoms with Crippen molar-refractivity contribution in [3.05, 3.63) is 59.7 Å². The van der Waals surface area contributed by atoms with Gasteiger partial charge in [-0.15, -0.1) is 0 Å². The minimum atomic E-state index is -0.398. The molecule has 2 rings (SSSR count). The number of unbranched alkanes of at least 4 members (excludes halogenated alkanes) is 6. The number of carbonyl (C=O) groups is 1. The van der Waals surface area contributed by atoms with Gasteiger partial charge in [-0.1, -0.05) is 63.6 Å². The Morgan fingerprint density at radius 2 is 1.44 bits per heavy atom. The summed E-state index contributed by atoms with van der Waals surface area (Å²) >= 11 is 0. The van der Waals surface area contributed by atoms with Crippen molar-refractivity contribution in [3.8, 4) is 11.5 Å². The van der Waals surface area contributed by atoms with Gasteiger partial charge in [-0.3, -0.25) is 0 Å². The molecule has 0 atom stereocenters. The predicted octanol–water partition coefficient (Wildman–Crippen LogP) is 5.86. The second-order valence-electron chi connectivity index (χ2n) is 6.54. The lowest BCUT2D eigenvalue weighted by Crippen LogP contribution is -1.99. The van der Waals surface area contributed by atoms with Crippen molar-refractivity contribution in [3.63, 3.8) is 0 Å². The Bertz CT molecular complexity index is 650. The van der Waals surface area contributed by atoms with Gasteiger partial charge in [0.05, 0.1) is 12.7 Å². The lowest BCUT2D eigenvalue weighted by molar-refractivity contribution is 0.0600. The number of benzene rings is 2. The molecule has 0 heterocycles. The van der Waals surface area contributed by atoms with Gasteiger partial charge >= 0.3 is 5.97 Å². The molecule has 0 spiro atoms. The number of carbonyl (C=O) groups excluding carboxylic acids is 1. The highest BCUT2D eigenvalue weighted by molar-refractivity contribution is 5.89. The Morgan fingerprint density at radius 1 is 0.852 bits per heavy atom. The number of para-hydroxylation sites is 1. The number of hydrogen-bond donors (Lipinski definition) is 2. The molecule has 4 nitrogen and oxygen atoms in total. The van der Waals surface area contributed by atoms with Gasteiger partial charge in [0.2, 0.25) is 0 Å². The third-order valence-corrected chi connectivity index (χ3v) is 4.33. The van der Waals surface area contributed by atoms with Crippen LogP contribution in [0, 0.1) is 0 Å². The Balaban J connectivity index is 0.000000289. The van der Waals surface area contributed by atoms with Gasteiger partial charge < -0.3 is 14.9 Å². The Kier molecular flexibility index (Phi) is 11.4. The van der Waals surface area contributed by atoms with Crippen molar-refractivity contribution < 1.29 is 19.7 Å². The standard InChI is InChI=1S/C15H24O.C8H8O3/c1-2-3-4-5-6-7-8-11-14-12-9-10-13-15(14)16;1-11-8(10)6-2-4-7(9)5-3-6/h9-10,12-13,16H,2-8,11H2,1H3;2-5,9H,1H3. The lowest BCUT2D eigenvalue weighted by Gasteiger charge is -2.04. The molecule has 4 heteroatoms. The molecule has 2 N–H and O–H groups in total. The van der Waals surface area contributed by atoms with Gasteiger partial charge in [-0.2, -0.15) is 0 Å². The van der Waals surface area contributed by atoms with E-state index in [2.05, 4.69) is 11.7 Å². The zero-order valence-electron chi connectivity index (χ0n) is 16.5. The maximum Gasteiger partial charge on any atom is 0.337 e. The van der Waals surface area contributed by atoms with Crippen molar-refractivity contribution in [1.29, 1.82) is 0 Å². The number of phenols is 2. The SMILES string of the molecule is CCCCCCCCCc1ccccc1O.COC(=O)c1ccc(O)cc1. The van der Waals surface area contributed by atoms with Crippen LogP contribution in [0.5, 0.6) is 11.5 Å². The molecular formula is C23H32O4. The summed E-state index contributed by atoms with van der Waals surface area (Å²) in [7, 11) is 1.31. The summed E-state index contributed by atoms with van der Waals surface area (Å²) in [4.78, 5) is 10.8. The number of hydrogen-bond acceptors (Lipinski definition) is 4. The first-order valence-corrected chi connectivity index (χ1v) is 9.72. The van der Waals surface area contributed by atoms with Crippen molar-refractivity contribution in [2.75, 3.05) is 7.11 Å². The summed E-state index contributed by atoms with van der Waals surface area (Å²) in [6.45, 7) is 2.25. The van der Waals surface area contributed by atoms with E-state index in [1.807, 2.05) is 18.2 Å². The zero-order chi connectivity index (χ0) is 19.9. The van der Waals surface area contributed by atoms with E-state index in [9.17, 15) is 9.90 Å². The Hall–Kier alpha value is -2.49. The van der Waals surface area contributed by atoms with Gasteiger partial charge in [0.15, 0.2) is 0 Å². The molecular weight excluding hydrogens is 340 g/mol. The van der Waals surface area contributed by atoms with E-state index in [-0.39, 0.29) is 5.75 Å². The third kappa shape index (κ3) is 9.69. The van der Waals surface area contributed by atoms with Crippen LogP contribution in [-0.2, 0) is 11.2 Å². The van der Waals surface area contributed by atoms with Crippen LogP contribution in [0.1, 0.15) is 67.8 Å². The number of methoxy groups -OCH3 is 1. The van der Waals surface area contributed by atoms with Gasteiger partial charge in [-0.05, 0) is 48.7 Å². The first-order chi connectivity index (χ1) is 13.1. The highest BCUT2D eigenvalue weighted by atomic mass is 16.5. The molecule has 0 saturated carbocycles. The highest BCUT2D eigenvalue weighted by Gasteiger charge is 2.02. The number of aromatic hydroxyl groups is 2. The first kappa shape index (κ1) is 22.6. The number of phenolic OH excluding ortho intramolecular Hbond substituents is 2. The third-order valence-electron chi connectivity index (χ3n) is 4.33. The summed E-state index contributed by atoms with van der Waals surface area (Å²) < 4.78 is 4.46. The van der Waals surface area contributed by atoms with Crippen LogP contribution in [0.15, 0.2) is 48.5 Å². The van der Waals surface area contributed by atoms with Gasteiger partial charge in [0.1, 0.15) is 11.5 Å². The number of aryl methyl sites for hydroxylation is 1. The smallest absolute Gasteiger partial charge is 0.337 e. The second-order valence-corrected chi connectivity index (χ2v) is 6.54. The Labute approximate surface area is 162 Å². The summed E-state index contributed by atoms with van der Waals surface area (Å²) in [6, 6.07) is 13.5. The molecule has 0 aromatic heterocycles. The molecule has 0 bridgehead atoms. The topological polar surface area (TPSA) is 66.8 Å². The Morgan fingerprint density at radius 3 is 2.04 bits per heavy atom. The maximum absolute atomic E-state index is 10.8. The first-order valence-electron chi connectivity index (χ1n) is 9.72. The molecule has 0 radical (unpaired) electrons. The minimum absolute atomic E-state index is 0.137.